The quantitative estimate of drug-likeness (QED) is 0.843. The Balaban J connectivity index is 2.02. The summed E-state index contributed by atoms with van der Waals surface area (Å²) < 4.78 is 0. The molecule has 4 nitrogen and oxygen atoms in total. The van der Waals surface area contributed by atoms with Crippen LogP contribution in [0, 0.1) is 12.3 Å². The van der Waals surface area contributed by atoms with E-state index >= 15 is 0 Å². The number of nitrogens with zero attached hydrogens (tertiary/aromatic N) is 2. The first-order chi connectivity index (χ1) is 8.42. The third-order valence-corrected chi connectivity index (χ3v) is 4.97. The number of carbonyl (C=O) groups excluding carboxylic acids is 1. The maximum Gasteiger partial charge on any atom is 0.265 e. The largest absolute Gasteiger partial charge is 0.393 e. The number of hydrogen-bond donors (Lipinski definition) is 1. The summed E-state index contributed by atoms with van der Waals surface area (Å²) in [6.45, 7) is 5.41. The van der Waals surface area contributed by atoms with Gasteiger partial charge in [-0.3, -0.25) is 4.79 Å². The molecule has 2 N–H and O–H groups in total. The topological polar surface area (TPSA) is 59.2 Å². The van der Waals surface area contributed by atoms with Crippen molar-refractivity contribution < 1.29 is 4.79 Å². The van der Waals surface area contributed by atoms with Gasteiger partial charge in [0, 0.05) is 18.5 Å². The molecular formula is C12H17N3OS2. The SMILES string of the molecule is Cc1ncc(C(=O)N2CCC(C)(C(N)=S)CC2)s1. The fourth-order valence-corrected chi connectivity index (χ4v) is 3.02. The average molecular weight is 283 g/mol. The van der Waals surface area contributed by atoms with Gasteiger partial charge in [0.25, 0.3) is 5.91 Å². The van der Waals surface area contributed by atoms with E-state index < -0.39 is 0 Å². The summed E-state index contributed by atoms with van der Waals surface area (Å²) >= 11 is 6.54. The van der Waals surface area contributed by atoms with E-state index in [4.69, 9.17) is 18.0 Å². The molecule has 6 heteroatoms. The van der Waals surface area contributed by atoms with Gasteiger partial charge >= 0.3 is 0 Å². The smallest absolute Gasteiger partial charge is 0.265 e. The monoisotopic (exact) mass is 283 g/mol. The van der Waals surface area contributed by atoms with Crippen LogP contribution < -0.4 is 5.73 Å². The van der Waals surface area contributed by atoms with Crippen molar-refractivity contribution in [2.75, 3.05) is 13.1 Å². The van der Waals surface area contributed by atoms with Crippen LogP contribution in [-0.4, -0.2) is 33.9 Å². The lowest BCUT2D eigenvalue weighted by Gasteiger charge is -2.38. The Labute approximate surface area is 116 Å². The molecule has 18 heavy (non-hydrogen) atoms. The molecule has 1 aliphatic rings. The summed E-state index contributed by atoms with van der Waals surface area (Å²) in [5.41, 5.74) is 5.66. The third kappa shape index (κ3) is 2.54. The molecule has 1 saturated heterocycles. The molecule has 1 amide bonds. The minimum atomic E-state index is -0.101. The molecule has 0 saturated carbocycles. The van der Waals surface area contributed by atoms with Crippen molar-refractivity contribution in [3.63, 3.8) is 0 Å². The molecule has 2 rings (SSSR count). The molecule has 0 atom stereocenters. The van der Waals surface area contributed by atoms with Gasteiger partial charge in [0.2, 0.25) is 0 Å². The van der Waals surface area contributed by atoms with Crippen LogP contribution in [-0.2, 0) is 0 Å². The Morgan fingerprint density at radius 3 is 2.61 bits per heavy atom. The Morgan fingerprint density at radius 1 is 1.56 bits per heavy atom. The Bertz CT molecular complexity index is 475. The van der Waals surface area contributed by atoms with E-state index in [2.05, 4.69) is 11.9 Å². The van der Waals surface area contributed by atoms with Crippen LogP contribution in [0.25, 0.3) is 0 Å². The number of aromatic nitrogens is 1. The number of likely N-dealkylation sites (tertiary alicyclic amines) is 1. The van der Waals surface area contributed by atoms with Gasteiger partial charge in [0.05, 0.1) is 16.2 Å². The normalized spacial score (nSPS) is 18.7. The number of thiocarbonyl (C=S) groups is 1. The van der Waals surface area contributed by atoms with Crippen LogP contribution in [0.5, 0.6) is 0 Å². The van der Waals surface area contributed by atoms with E-state index in [9.17, 15) is 4.79 Å². The van der Waals surface area contributed by atoms with Gasteiger partial charge in [-0.15, -0.1) is 11.3 Å². The predicted molar refractivity (Wildman–Crippen MR) is 76.9 cm³/mol. The molecule has 2 heterocycles. The first-order valence-corrected chi connectivity index (χ1v) is 7.16. The Kier molecular flexibility index (Phi) is 3.68. The predicted octanol–water partition coefficient (Wildman–Crippen LogP) is 1.98. The summed E-state index contributed by atoms with van der Waals surface area (Å²) in [6.07, 6.45) is 3.33. The lowest BCUT2D eigenvalue weighted by molar-refractivity contribution is 0.0675. The molecule has 1 aromatic rings. The molecular weight excluding hydrogens is 266 g/mol. The molecule has 0 radical (unpaired) electrons. The van der Waals surface area contributed by atoms with Crippen molar-refractivity contribution in [2.24, 2.45) is 11.1 Å². The third-order valence-electron chi connectivity index (χ3n) is 3.58. The second kappa shape index (κ2) is 4.93. The molecule has 0 bridgehead atoms. The highest BCUT2D eigenvalue weighted by molar-refractivity contribution is 7.80. The molecule has 98 valence electrons. The van der Waals surface area contributed by atoms with Crippen LogP contribution in [0.1, 0.15) is 34.4 Å². The highest BCUT2D eigenvalue weighted by atomic mass is 32.1. The van der Waals surface area contributed by atoms with Crippen molar-refractivity contribution >= 4 is 34.5 Å². The Hall–Kier alpha value is -1.01. The van der Waals surface area contributed by atoms with Crippen LogP contribution >= 0.6 is 23.6 Å². The van der Waals surface area contributed by atoms with Crippen molar-refractivity contribution in [3.8, 4) is 0 Å². The molecule has 1 aromatic heterocycles. The molecule has 0 aliphatic carbocycles. The van der Waals surface area contributed by atoms with E-state index in [-0.39, 0.29) is 11.3 Å². The van der Waals surface area contributed by atoms with Crippen molar-refractivity contribution in [1.29, 1.82) is 0 Å². The van der Waals surface area contributed by atoms with Gasteiger partial charge in [-0.2, -0.15) is 0 Å². The molecule has 1 aliphatic heterocycles. The van der Waals surface area contributed by atoms with E-state index in [1.807, 2.05) is 11.8 Å². The minimum absolute atomic E-state index is 0.0746. The summed E-state index contributed by atoms with van der Waals surface area (Å²) in [6, 6.07) is 0. The second-order valence-electron chi connectivity index (χ2n) is 4.96. The number of thiazole rings is 1. The van der Waals surface area contributed by atoms with Crippen molar-refractivity contribution in [1.82, 2.24) is 9.88 Å². The summed E-state index contributed by atoms with van der Waals surface area (Å²) in [5, 5.41) is 0.920. The van der Waals surface area contributed by atoms with Crippen molar-refractivity contribution in [3.05, 3.63) is 16.1 Å². The van der Waals surface area contributed by atoms with Gasteiger partial charge in [0.1, 0.15) is 4.88 Å². The molecule has 0 aromatic carbocycles. The van der Waals surface area contributed by atoms with E-state index in [1.165, 1.54) is 11.3 Å². The maximum atomic E-state index is 12.2. The first-order valence-electron chi connectivity index (χ1n) is 5.94. The zero-order chi connectivity index (χ0) is 13.3. The fraction of sp³-hybridized carbons (Fsp3) is 0.583. The van der Waals surface area contributed by atoms with Crippen LogP contribution in [0.3, 0.4) is 0 Å². The zero-order valence-electron chi connectivity index (χ0n) is 10.6. The van der Waals surface area contributed by atoms with E-state index in [0.29, 0.717) is 23.0 Å². The molecule has 0 unspecified atom stereocenters. The van der Waals surface area contributed by atoms with E-state index in [1.54, 1.807) is 6.20 Å². The number of piperidine rings is 1. The van der Waals surface area contributed by atoms with E-state index in [0.717, 1.165) is 17.8 Å². The lowest BCUT2D eigenvalue weighted by atomic mass is 9.80. The average Bonchev–Trinajstić information content (AvgIpc) is 2.76. The van der Waals surface area contributed by atoms with Gasteiger partial charge in [0.15, 0.2) is 0 Å². The number of aryl methyl sites for hydroxylation is 1. The minimum Gasteiger partial charge on any atom is -0.393 e. The molecule has 0 spiro atoms. The highest BCUT2D eigenvalue weighted by Gasteiger charge is 2.34. The van der Waals surface area contributed by atoms with Gasteiger partial charge < -0.3 is 10.6 Å². The van der Waals surface area contributed by atoms with Crippen LogP contribution in [0.2, 0.25) is 0 Å². The van der Waals surface area contributed by atoms with Gasteiger partial charge in [-0.1, -0.05) is 19.1 Å². The van der Waals surface area contributed by atoms with Gasteiger partial charge in [-0.25, -0.2) is 4.98 Å². The summed E-state index contributed by atoms with van der Waals surface area (Å²) in [5.74, 6) is 0.0746. The van der Waals surface area contributed by atoms with Crippen LogP contribution in [0.4, 0.5) is 0 Å². The number of hydrogen-bond acceptors (Lipinski definition) is 4. The lowest BCUT2D eigenvalue weighted by Crippen LogP contribution is -2.46. The standard InChI is InChI=1S/C12H17N3OS2/c1-8-14-7-9(18-8)10(16)15-5-3-12(2,4-6-15)11(13)17/h7H,3-6H2,1-2H3,(H2,13,17). The fourth-order valence-electron chi connectivity index (χ4n) is 2.07. The van der Waals surface area contributed by atoms with Crippen LogP contribution in [0.15, 0.2) is 6.20 Å². The first kappa shape index (κ1) is 13.4. The number of nitrogens with two attached hydrogens (primary N) is 1. The summed E-state index contributed by atoms with van der Waals surface area (Å²) in [7, 11) is 0. The highest BCUT2D eigenvalue weighted by Crippen LogP contribution is 2.32. The molecule has 1 fully saturated rings. The number of rotatable bonds is 2. The van der Waals surface area contributed by atoms with Gasteiger partial charge in [-0.05, 0) is 19.8 Å². The zero-order valence-corrected chi connectivity index (χ0v) is 12.2. The number of amides is 1. The second-order valence-corrected chi connectivity index (χ2v) is 6.64. The maximum absolute atomic E-state index is 12.2. The van der Waals surface area contributed by atoms with Crippen molar-refractivity contribution in [2.45, 2.75) is 26.7 Å². The number of carbonyl (C=O) groups is 1. The Morgan fingerprint density at radius 2 is 2.17 bits per heavy atom. The summed E-state index contributed by atoms with van der Waals surface area (Å²) in [4.78, 5) is 19.5.